The molecule has 7 nitrogen and oxygen atoms in total. The number of thioether (sulfide) groups is 1. The zero-order valence-electron chi connectivity index (χ0n) is 18.6. The van der Waals surface area contributed by atoms with Crippen LogP contribution in [0.4, 0.5) is 5.82 Å². The molecule has 0 amide bonds. The molecule has 3 aromatic rings. The Labute approximate surface area is 190 Å². The molecule has 2 aliphatic rings. The first kappa shape index (κ1) is 21.3. The van der Waals surface area contributed by atoms with Gasteiger partial charge in [-0.3, -0.25) is 4.90 Å². The standard InChI is InChI=1S/C22H29N5O2S2/c1-13-15-12-29-22(2,3)11-14(15)16-17-18(31-20(16)24-13)19(26-21(25-17)30-4)23-5-6-27-7-9-28-10-8-27/h5-12H2,1-4H3,(H,23,25,26). The molecule has 9 heteroatoms. The van der Waals surface area contributed by atoms with Crippen molar-refractivity contribution in [3.8, 4) is 0 Å². The Morgan fingerprint density at radius 3 is 2.74 bits per heavy atom. The zero-order chi connectivity index (χ0) is 21.6. The molecule has 1 N–H and O–H groups in total. The summed E-state index contributed by atoms with van der Waals surface area (Å²) < 4.78 is 12.6. The number of thiophene rings is 1. The molecule has 31 heavy (non-hydrogen) atoms. The summed E-state index contributed by atoms with van der Waals surface area (Å²) in [5.41, 5.74) is 4.46. The van der Waals surface area contributed by atoms with Crippen LogP contribution in [0.2, 0.25) is 0 Å². The molecule has 0 spiro atoms. The lowest BCUT2D eigenvalue weighted by atomic mass is 9.89. The van der Waals surface area contributed by atoms with Crippen molar-refractivity contribution in [1.29, 1.82) is 0 Å². The van der Waals surface area contributed by atoms with Crippen LogP contribution in [0.5, 0.6) is 0 Å². The number of morpholine rings is 1. The van der Waals surface area contributed by atoms with E-state index < -0.39 is 0 Å². The van der Waals surface area contributed by atoms with E-state index in [1.165, 1.54) is 16.5 Å². The second-order valence-corrected chi connectivity index (χ2v) is 10.6. The molecule has 3 aromatic heterocycles. The summed E-state index contributed by atoms with van der Waals surface area (Å²) in [6.45, 7) is 12.5. The van der Waals surface area contributed by atoms with Gasteiger partial charge in [0.15, 0.2) is 5.16 Å². The quantitative estimate of drug-likeness (QED) is 0.455. The summed E-state index contributed by atoms with van der Waals surface area (Å²) in [5.74, 6) is 0.920. The lowest BCUT2D eigenvalue weighted by Gasteiger charge is -2.32. The average Bonchev–Trinajstić information content (AvgIpc) is 3.12. The summed E-state index contributed by atoms with van der Waals surface area (Å²) in [7, 11) is 0. The van der Waals surface area contributed by atoms with E-state index in [1.807, 2.05) is 6.26 Å². The van der Waals surface area contributed by atoms with E-state index in [9.17, 15) is 0 Å². The summed E-state index contributed by atoms with van der Waals surface area (Å²) in [4.78, 5) is 18.2. The Balaban J connectivity index is 1.56. The fourth-order valence-electron chi connectivity index (χ4n) is 4.38. The minimum atomic E-state index is -0.184. The number of hydrogen-bond donors (Lipinski definition) is 1. The minimum Gasteiger partial charge on any atom is -0.379 e. The summed E-state index contributed by atoms with van der Waals surface area (Å²) >= 11 is 3.28. The van der Waals surface area contributed by atoms with Crippen LogP contribution in [0.15, 0.2) is 5.16 Å². The zero-order valence-corrected chi connectivity index (χ0v) is 20.2. The van der Waals surface area contributed by atoms with Gasteiger partial charge in [-0.2, -0.15) is 0 Å². The van der Waals surface area contributed by atoms with Gasteiger partial charge in [0, 0.05) is 49.2 Å². The molecule has 0 saturated carbocycles. The van der Waals surface area contributed by atoms with Crippen LogP contribution in [0.25, 0.3) is 20.4 Å². The lowest BCUT2D eigenvalue weighted by molar-refractivity contribution is -0.0400. The van der Waals surface area contributed by atoms with Gasteiger partial charge in [0.2, 0.25) is 0 Å². The molecule has 2 aliphatic heterocycles. The molecular weight excluding hydrogens is 430 g/mol. The van der Waals surface area contributed by atoms with E-state index in [4.69, 9.17) is 24.4 Å². The number of nitrogens with one attached hydrogen (secondary N) is 1. The van der Waals surface area contributed by atoms with Crippen LogP contribution in [-0.4, -0.2) is 71.1 Å². The highest BCUT2D eigenvalue weighted by Gasteiger charge is 2.31. The second-order valence-electron chi connectivity index (χ2n) is 8.78. The fraction of sp³-hybridized carbons (Fsp3) is 0.591. The van der Waals surface area contributed by atoms with Gasteiger partial charge in [0.1, 0.15) is 10.6 Å². The molecule has 5 heterocycles. The molecular formula is C22H29N5O2S2. The van der Waals surface area contributed by atoms with Crippen LogP contribution < -0.4 is 5.32 Å². The maximum absolute atomic E-state index is 6.09. The number of anilines is 1. The van der Waals surface area contributed by atoms with E-state index >= 15 is 0 Å². The third kappa shape index (κ3) is 4.14. The van der Waals surface area contributed by atoms with Gasteiger partial charge in [0.05, 0.1) is 35.6 Å². The van der Waals surface area contributed by atoms with Crippen molar-refractivity contribution in [1.82, 2.24) is 19.9 Å². The Hall–Kier alpha value is -1.52. The van der Waals surface area contributed by atoms with Gasteiger partial charge in [-0.15, -0.1) is 11.3 Å². The largest absolute Gasteiger partial charge is 0.379 e. The molecule has 0 unspecified atom stereocenters. The average molecular weight is 460 g/mol. The van der Waals surface area contributed by atoms with Gasteiger partial charge in [-0.1, -0.05) is 11.8 Å². The summed E-state index contributed by atoms with van der Waals surface area (Å²) in [6.07, 6.45) is 2.90. The Bertz CT molecular complexity index is 1120. The van der Waals surface area contributed by atoms with Crippen LogP contribution in [-0.2, 0) is 22.5 Å². The van der Waals surface area contributed by atoms with Crippen LogP contribution >= 0.6 is 23.1 Å². The number of pyridine rings is 1. The van der Waals surface area contributed by atoms with Crippen LogP contribution in [0.3, 0.4) is 0 Å². The highest BCUT2D eigenvalue weighted by Crippen LogP contribution is 2.42. The topological polar surface area (TPSA) is 72.4 Å². The number of hydrogen-bond acceptors (Lipinski definition) is 9. The Kier molecular flexibility index (Phi) is 5.81. The molecule has 0 aliphatic carbocycles. The van der Waals surface area contributed by atoms with E-state index in [0.29, 0.717) is 6.61 Å². The molecule has 0 radical (unpaired) electrons. The van der Waals surface area contributed by atoms with Crippen molar-refractivity contribution in [3.05, 3.63) is 16.8 Å². The molecule has 0 aromatic carbocycles. The van der Waals surface area contributed by atoms with Gasteiger partial charge in [0.25, 0.3) is 0 Å². The molecule has 1 saturated heterocycles. The lowest BCUT2D eigenvalue weighted by Crippen LogP contribution is -2.39. The van der Waals surface area contributed by atoms with Gasteiger partial charge < -0.3 is 14.8 Å². The van der Waals surface area contributed by atoms with Crippen LogP contribution in [0.1, 0.15) is 30.7 Å². The smallest absolute Gasteiger partial charge is 0.189 e. The predicted octanol–water partition coefficient (Wildman–Crippen LogP) is 3.87. The molecule has 0 atom stereocenters. The highest BCUT2D eigenvalue weighted by molar-refractivity contribution is 7.98. The normalized spacial score (nSPS) is 19.1. The van der Waals surface area contributed by atoms with E-state index in [1.54, 1.807) is 23.1 Å². The Morgan fingerprint density at radius 1 is 1.16 bits per heavy atom. The maximum atomic E-state index is 6.09. The van der Waals surface area contributed by atoms with E-state index in [0.717, 1.165) is 77.5 Å². The fourth-order valence-corrected chi connectivity index (χ4v) is 5.91. The predicted molar refractivity (Wildman–Crippen MR) is 128 cm³/mol. The number of rotatable bonds is 5. The first-order valence-electron chi connectivity index (χ1n) is 10.8. The van der Waals surface area contributed by atoms with E-state index in [2.05, 4.69) is 31.0 Å². The Morgan fingerprint density at radius 2 is 1.97 bits per heavy atom. The number of nitrogens with zero attached hydrogens (tertiary/aromatic N) is 4. The van der Waals surface area contributed by atoms with Gasteiger partial charge >= 0.3 is 0 Å². The molecule has 166 valence electrons. The minimum absolute atomic E-state index is 0.184. The number of aryl methyl sites for hydroxylation is 1. The molecule has 0 bridgehead atoms. The summed E-state index contributed by atoms with van der Waals surface area (Å²) in [5, 5.41) is 5.57. The molecule has 1 fully saturated rings. The highest BCUT2D eigenvalue weighted by atomic mass is 32.2. The van der Waals surface area contributed by atoms with Crippen molar-refractivity contribution in [2.75, 3.05) is 51.0 Å². The number of fused-ring (bicyclic) bond motifs is 5. The van der Waals surface area contributed by atoms with Crippen molar-refractivity contribution in [3.63, 3.8) is 0 Å². The van der Waals surface area contributed by atoms with Crippen molar-refractivity contribution in [2.45, 2.75) is 44.6 Å². The first-order chi connectivity index (χ1) is 14.9. The number of aromatic nitrogens is 3. The van der Waals surface area contributed by atoms with E-state index in [-0.39, 0.29) is 5.60 Å². The third-order valence-corrected chi connectivity index (χ3v) is 7.71. The van der Waals surface area contributed by atoms with Gasteiger partial charge in [-0.25, -0.2) is 15.0 Å². The van der Waals surface area contributed by atoms with Crippen molar-refractivity contribution < 1.29 is 9.47 Å². The van der Waals surface area contributed by atoms with Crippen molar-refractivity contribution in [2.24, 2.45) is 0 Å². The third-order valence-electron chi connectivity index (χ3n) is 6.08. The van der Waals surface area contributed by atoms with Crippen LogP contribution in [0, 0.1) is 6.92 Å². The van der Waals surface area contributed by atoms with Crippen molar-refractivity contribution >= 4 is 49.3 Å². The second kappa shape index (κ2) is 8.44. The SMILES string of the molecule is CSc1nc(NCCN2CCOCC2)c2sc3nc(C)c4c(c3c2n1)CC(C)(C)OC4. The molecule has 5 rings (SSSR count). The first-order valence-corrected chi connectivity index (χ1v) is 12.8. The number of ether oxygens (including phenoxy) is 2. The summed E-state index contributed by atoms with van der Waals surface area (Å²) in [6, 6.07) is 0. The van der Waals surface area contributed by atoms with Gasteiger partial charge in [-0.05, 0) is 32.6 Å². The maximum Gasteiger partial charge on any atom is 0.189 e. The monoisotopic (exact) mass is 459 g/mol.